The molecule has 3 rings (SSSR count). The van der Waals surface area contributed by atoms with Crippen LogP contribution in [0.5, 0.6) is 5.75 Å². The van der Waals surface area contributed by atoms with E-state index in [-0.39, 0.29) is 28.4 Å². The molecular weight excluding hydrogens is 286 g/mol. The number of aromatic hydroxyl groups is 1. The molecular formula is C15H11N3O4. The molecule has 0 fully saturated rings. The van der Waals surface area contributed by atoms with Gasteiger partial charge in [-0.05, 0) is 18.2 Å². The minimum absolute atomic E-state index is 0.0115. The van der Waals surface area contributed by atoms with Gasteiger partial charge in [0.2, 0.25) is 5.76 Å². The summed E-state index contributed by atoms with van der Waals surface area (Å²) in [6, 6.07) is 12.9. The number of nitro groups is 1. The van der Waals surface area contributed by atoms with E-state index in [0.29, 0.717) is 11.3 Å². The van der Waals surface area contributed by atoms with Gasteiger partial charge in [0.15, 0.2) is 11.6 Å². The molecule has 3 N–H and O–H groups in total. The summed E-state index contributed by atoms with van der Waals surface area (Å²) in [5.74, 6) is -0.294. The second-order valence-electron chi connectivity index (χ2n) is 4.55. The molecule has 0 aliphatic carbocycles. The number of hydrogen-bond donors (Lipinski definition) is 2. The third-order valence-electron chi connectivity index (χ3n) is 3.09. The van der Waals surface area contributed by atoms with E-state index in [9.17, 15) is 15.2 Å². The lowest BCUT2D eigenvalue weighted by atomic mass is 10.2. The van der Waals surface area contributed by atoms with Crippen LogP contribution in [-0.2, 0) is 0 Å². The number of nitrogens with two attached hydrogens (primary N) is 1. The summed E-state index contributed by atoms with van der Waals surface area (Å²) in [6.45, 7) is 0. The van der Waals surface area contributed by atoms with Gasteiger partial charge in [-0.25, -0.2) is 4.99 Å². The maximum atomic E-state index is 10.8. The van der Waals surface area contributed by atoms with Crippen LogP contribution >= 0.6 is 0 Å². The zero-order chi connectivity index (χ0) is 15.7. The van der Waals surface area contributed by atoms with E-state index in [1.807, 2.05) is 6.07 Å². The Morgan fingerprint density at radius 2 is 1.95 bits per heavy atom. The van der Waals surface area contributed by atoms with Gasteiger partial charge in [-0.2, -0.15) is 0 Å². The summed E-state index contributed by atoms with van der Waals surface area (Å²) in [5, 5.41) is 21.2. The van der Waals surface area contributed by atoms with Gasteiger partial charge in [0, 0.05) is 12.1 Å². The molecule has 0 bridgehead atoms. The van der Waals surface area contributed by atoms with Gasteiger partial charge in [0.05, 0.1) is 16.0 Å². The lowest BCUT2D eigenvalue weighted by Gasteiger charge is -1.97. The lowest BCUT2D eigenvalue weighted by molar-refractivity contribution is -0.384. The third kappa shape index (κ3) is 2.35. The molecule has 0 amide bonds. The molecule has 0 aliphatic rings. The van der Waals surface area contributed by atoms with E-state index in [1.165, 1.54) is 18.2 Å². The van der Waals surface area contributed by atoms with E-state index < -0.39 is 4.92 Å². The largest absolute Gasteiger partial charge is 0.504 e. The monoisotopic (exact) mass is 297 g/mol. The summed E-state index contributed by atoms with van der Waals surface area (Å²) in [5.41, 5.74) is 6.61. The number of benzene rings is 2. The first kappa shape index (κ1) is 13.6. The number of furan rings is 1. The molecule has 110 valence electrons. The van der Waals surface area contributed by atoms with Crippen LogP contribution in [0.25, 0.3) is 11.0 Å². The van der Waals surface area contributed by atoms with Crippen molar-refractivity contribution in [1.29, 1.82) is 0 Å². The van der Waals surface area contributed by atoms with Gasteiger partial charge in [0.25, 0.3) is 5.69 Å². The molecule has 3 aromatic rings. The van der Waals surface area contributed by atoms with Crippen molar-refractivity contribution in [2.75, 3.05) is 0 Å². The second-order valence-corrected chi connectivity index (χ2v) is 4.55. The summed E-state index contributed by atoms with van der Waals surface area (Å²) < 4.78 is 5.44. The van der Waals surface area contributed by atoms with Gasteiger partial charge in [0.1, 0.15) is 5.58 Å². The first-order valence-corrected chi connectivity index (χ1v) is 6.36. The fourth-order valence-corrected chi connectivity index (χ4v) is 2.05. The fraction of sp³-hybridized carbons (Fsp3) is 0. The zero-order valence-electron chi connectivity index (χ0n) is 11.3. The Morgan fingerprint density at radius 1 is 1.23 bits per heavy atom. The average molecular weight is 297 g/mol. The van der Waals surface area contributed by atoms with Crippen molar-refractivity contribution in [3.05, 3.63) is 64.4 Å². The van der Waals surface area contributed by atoms with Crippen molar-refractivity contribution in [2.24, 2.45) is 10.7 Å². The molecule has 22 heavy (non-hydrogen) atoms. The van der Waals surface area contributed by atoms with E-state index in [4.69, 9.17) is 10.2 Å². The quantitative estimate of drug-likeness (QED) is 0.333. The molecule has 7 heteroatoms. The van der Waals surface area contributed by atoms with Gasteiger partial charge < -0.3 is 15.3 Å². The molecule has 0 atom stereocenters. The molecule has 1 aromatic heterocycles. The van der Waals surface area contributed by atoms with Crippen LogP contribution in [0.15, 0.2) is 57.9 Å². The average Bonchev–Trinajstić information content (AvgIpc) is 2.85. The molecule has 0 saturated heterocycles. The molecule has 2 aromatic carbocycles. The molecule has 0 saturated carbocycles. The first-order chi connectivity index (χ1) is 10.6. The van der Waals surface area contributed by atoms with Crippen LogP contribution in [0.2, 0.25) is 0 Å². The Morgan fingerprint density at radius 3 is 2.64 bits per heavy atom. The maximum Gasteiger partial charge on any atom is 0.270 e. The van der Waals surface area contributed by atoms with Crippen molar-refractivity contribution < 1.29 is 14.4 Å². The van der Waals surface area contributed by atoms with Gasteiger partial charge in [-0.1, -0.05) is 18.2 Å². The second kappa shape index (κ2) is 5.21. The van der Waals surface area contributed by atoms with E-state index >= 15 is 0 Å². The zero-order valence-corrected chi connectivity index (χ0v) is 11.3. The summed E-state index contributed by atoms with van der Waals surface area (Å²) >= 11 is 0. The van der Waals surface area contributed by atoms with Gasteiger partial charge >= 0.3 is 0 Å². The van der Waals surface area contributed by atoms with E-state index in [2.05, 4.69) is 4.99 Å². The number of hydrogen-bond acceptors (Lipinski definition) is 5. The van der Waals surface area contributed by atoms with Crippen LogP contribution in [-0.4, -0.2) is 15.9 Å². The normalized spacial score (nSPS) is 11.7. The van der Waals surface area contributed by atoms with Gasteiger partial charge in [-0.3, -0.25) is 10.1 Å². The molecule has 0 radical (unpaired) electrons. The third-order valence-corrected chi connectivity index (χ3v) is 3.09. The highest BCUT2D eigenvalue weighted by Gasteiger charge is 2.19. The molecule has 1 heterocycles. The van der Waals surface area contributed by atoms with Crippen molar-refractivity contribution in [3.63, 3.8) is 0 Å². The molecule has 7 nitrogen and oxygen atoms in total. The predicted octanol–water partition coefficient (Wildman–Crippen LogP) is 3.08. The first-order valence-electron chi connectivity index (χ1n) is 6.36. The number of rotatable bonds is 3. The Bertz CT molecular complexity index is 884. The Balaban J connectivity index is 2.10. The maximum absolute atomic E-state index is 10.8. The topological polar surface area (TPSA) is 115 Å². The molecule has 0 aliphatic heterocycles. The van der Waals surface area contributed by atoms with Crippen LogP contribution in [0, 0.1) is 10.1 Å². The highest BCUT2D eigenvalue weighted by Crippen LogP contribution is 2.34. The Labute approximate surface area is 124 Å². The standard InChI is InChI=1S/C15H11N3O4/c16-15(17-9-4-2-1-3-5-9)14-13(19)11-8-10(18(20)21)6-7-12(11)22-14/h1-8,19H,(H2,16,17). The Kier molecular flexibility index (Phi) is 3.23. The number of non-ortho nitro benzene ring substituents is 1. The highest BCUT2D eigenvalue weighted by molar-refractivity contribution is 6.04. The number of fused-ring (bicyclic) bond motifs is 1. The number of aliphatic imine (C=N–C) groups is 1. The Hall–Kier alpha value is -3.35. The van der Waals surface area contributed by atoms with E-state index in [1.54, 1.807) is 24.3 Å². The predicted molar refractivity (Wildman–Crippen MR) is 81.4 cm³/mol. The highest BCUT2D eigenvalue weighted by atomic mass is 16.6. The minimum Gasteiger partial charge on any atom is -0.504 e. The summed E-state index contributed by atoms with van der Waals surface area (Å²) in [4.78, 5) is 14.4. The van der Waals surface area contributed by atoms with Crippen LogP contribution < -0.4 is 5.73 Å². The van der Waals surface area contributed by atoms with Crippen LogP contribution in [0.1, 0.15) is 5.76 Å². The minimum atomic E-state index is -0.549. The van der Waals surface area contributed by atoms with Crippen LogP contribution in [0.3, 0.4) is 0 Å². The fourth-order valence-electron chi connectivity index (χ4n) is 2.05. The van der Waals surface area contributed by atoms with Crippen molar-refractivity contribution in [1.82, 2.24) is 0 Å². The number of amidine groups is 1. The van der Waals surface area contributed by atoms with Crippen molar-refractivity contribution >= 4 is 28.2 Å². The number of nitrogens with zero attached hydrogens (tertiary/aromatic N) is 2. The molecule has 0 spiro atoms. The van der Waals surface area contributed by atoms with E-state index in [0.717, 1.165) is 0 Å². The number of para-hydroxylation sites is 1. The summed E-state index contributed by atoms with van der Waals surface area (Å²) in [7, 11) is 0. The lowest BCUT2D eigenvalue weighted by Crippen LogP contribution is -2.11. The van der Waals surface area contributed by atoms with Crippen molar-refractivity contribution in [3.8, 4) is 5.75 Å². The number of nitro benzene ring substituents is 1. The van der Waals surface area contributed by atoms with Crippen molar-refractivity contribution in [2.45, 2.75) is 0 Å². The van der Waals surface area contributed by atoms with Gasteiger partial charge in [-0.15, -0.1) is 0 Å². The van der Waals surface area contributed by atoms with Crippen LogP contribution in [0.4, 0.5) is 11.4 Å². The molecule has 0 unspecified atom stereocenters. The summed E-state index contributed by atoms with van der Waals surface area (Å²) in [6.07, 6.45) is 0. The smallest absolute Gasteiger partial charge is 0.270 e. The SMILES string of the molecule is NC(=Nc1ccccc1)c1oc2ccc([N+](=O)[O-])cc2c1O.